The molecule has 5 rings (SSSR count). The van der Waals surface area contributed by atoms with E-state index >= 15 is 0 Å². The van der Waals surface area contributed by atoms with Crippen molar-refractivity contribution < 1.29 is 4.79 Å². The second kappa shape index (κ2) is 8.01. The Labute approximate surface area is 186 Å². The molecule has 0 fully saturated rings. The summed E-state index contributed by atoms with van der Waals surface area (Å²) in [6, 6.07) is 13.9. The Bertz CT molecular complexity index is 1340. The van der Waals surface area contributed by atoms with Crippen molar-refractivity contribution in [3.8, 4) is 16.8 Å². The van der Waals surface area contributed by atoms with Crippen LogP contribution in [0.4, 0.5) is 0 Å². The summed E-state index contributed by atoms with van der Waals surface area (Å²) in [4.78, 5) is 19.5. The van der Waals surface area contributed by atoms with Crippen LogP contribution in [0.2, 0.25) is 0 Å². The molecule has 0 saturated heterocycles. The van der Waals surface area contributed by atoms with Crippen molar-refractivity contribution >= 4 is 38.7 Å². The molecule has 3 aromatic heterocycles. The topological polar surface area (TPSA) is 76.8 Å². The summed E-state index contributed by atoms with van der Waals surface area (Å²) >= 11 is 3.23. The van der Waals surface area contributed by atoms with Crippen molar-refractivity contribution in [3.63, 3.8) is 0 Å². The van der Waals surface area contributed by atoms with Crippen LogP contribution in [-0.2, 0) is 0 Å². The lowest BCUT2D eigenvalue weighted by molar-refractivity contribution is 0.0742. The Morgan fingerprint density at radius 2 is 2.03 bits per heavy atom. The highest BCUT2D eigenvalue weighted by Gasteiger charge is 2.22. The number of hydrogen-bond acceptors (Lipinski definition) is 7. The Balaban J connectivity index is 1.61. The molecule has 0 spiro atoms. The Kier molecular flexibility index (Phi) is 5.05. The number of carbonyl (C=O) groups is 1. The molecule has 1 unspecified atom stereocenters. The fraction of sp³-hybridized carbons (Fsp3) is 0.136. The summed E-state index contributed by atoms with van der Waals surface area (Å²) in [5, 5.41) is 17.6. The van der Waals surface area contributed by atoms with Gasteiger partial charge in [0.15, 0.2) is 0 Å². The summed E-state index contributed by atoms with van der Waals surface area (Å²) in [7, 11) is 1.80. The molecule has 5 aromatic rings. The molecule has 0 radical (unpaired) electrons. The molecule has 0 aliphatic carbocycles. The lowest BCUT2D eigenvalue weighted by Gasteiger charge is -2.24. The van der Waals surface area contributed by atoms with Gasteiger partial charge in [-0.15, -0.1) is 27.8 Å². The average molecular weight is 447 g/mol. The summed E-state index contributed by atoms with van der Waals surface area (Å²) in [6.07, 6.45) is 3.29. The summed E-state index contributed by atoms with van der Waals surface area (Å²) in [6.45, 7) is 1.98. The molecule has 3 heterocycles. The number of rotatable bonds is 5. The third-order valence-electron chi connectivity index (χ3n) is 5.28. The van der Waals surface area contributed by atoms with Gasteiger partial charge in [0, 0.05) is 39.8 Å². The van der Waals surface area contributed by atoms with E-state index < -0.39 is 0 Å². The first-order valence-corrected chi connectivity index (χ1v) is 11.4. The number of nitrogens with zero attached hydrogens (tertiary/aromatic N) is 6. The summed E-state index contributed by atoms with van der Waals surface area (Å²) in [5.74, 6) is -0.0848. The van der Waals surface area contributed by atoms with Gasteiger partial charge < -0.3 is 4.90 Å². The Hall–Kier alpha value is -3.43. The highest BCUT2D eigenvalue weighted by molar-refractivity contribution is 7.17. The summed E-state index contributed by atoms with van der Waals surface area (Å²) < 4.78 is 2.77. The molecule has 0 saturated carbocycles. The van der Waals surface area contributed by atoms with E-state index in [1.807, 2.05) is 42.6 Å². The van der Waals surface area contributed by atoms with Crippen molar-refractivity contribution in [2.45, 2.75) is 13.0 Å². The number of carbonyl (C=O) groups excluding carboxylic acids is 1. The van der Waals surface area contributed by atoms with Gasteiger partial charge in [0.2, 0.25) is 0 Å². The number of thiazole rings is 1. The molecule has 0 aliphatic heterocycles. The van der Waals surface area contributed by atoms with Crippen molar-refractivity contribution in [1.29, 1.82) is 0 Å². The van der Waals surface area contributed by atoms with E-state index in [0.717, 1.165) is 27.2 Å². The Morgan fingerprint density at radius 1 is 1.16 bits per heavy atom. The van der Waals surface area contributed by atoms with Gasteiger partial charge in [0.25, 0.3) is 5.91 Å². The van der Waals surface area contributed by atoms with Crippen molar-refractivity contribution in [2.24, 2.45) is 0 Å². The van der Waals surface area contributed by atoms with Gasteiger partial charge in [0.1, 0.15) is 11.3 Å². The second-order valence-corrected chi connectivity index (χ2v) is 8.97. The van der Waals surface area contributed by atoms with Crippen LogP contribution < -0.4 is 0 Å². The van der Waals surface area contributed by atoms with Crippen LogP contribution in [-0.4, -0.2) is 43.0 Å². The molecule has 154 valence electrons. The predicted molar refractivity (Wildman–Crippen MR) is 123 cm³/mol. The lowest BCUT2D eigenvalue weighted by atomic mass is 10.0. The SMILES string of the molecule is CC(c1nccs1)N(C)C(=O)c1cc(-c2csc3ccccc23)cc(-n2cnnn2)c1. The summed E-state index contributed by atoms with van der Waals surface area (Å²) in [5.41, 5.74) is 3.34. The van der Waals surface area contributed by atoms with E-state index in [-0.39, 0.29) is 11.9 Å². The maximum absolute atomic E-state index is 13.4. The molecule has 1 amide bonds. The maximum atomic E-state index is 13.4. The zero-order chi connectivity index (χ0) is 21.4. The van der Waals surface area contributed by atoms with Crippen LogP contribution in [0.3, 0.4) is 0 Å². The number of amides is 1. The first kappa shape index (κ1) is 19.5. The van der Waals surface area contributed by atoms with Crippen molar-refractivity contribution in [1.82, 2.24) is 30.1 Å². The van der Waals surface area contributed by atoms with Crippen LogP contribution in [0, 0.1) is 0 Å². The maximum Gasteiger partial charge on any atom is 0.254 e. The van der Waals surface area contributed by atoms with E-state index in [1.54, 1.807) is 45.5 Å². The van der Waals surface area contributed by atoms with Gasteiger partial charge in [-0.2, -0.15) is 0 Å². The highest BCUT2D eigenvalue weighted by Crippen LogP contribution is 2.35. The fourth-order valence-corrected chi connectivity index (χ4v) is 5.20. The van der Waals surface area contributed by atoms with E-state index in [0.29, 0.717) is 5.56 Å². The molecule has 0 N–H and O–H groups in total. The van der Waals surface area contributed by atoms with Crippen LogP contribution in [0.5, 0.6) is 0 Å². The van der Waals surface area contributed by atoms with Crippen LogP contribution >= 0.6 is 22.7 Å². The molecule has 1 atom stereocenters. The average Bonchev–Trinajstić information content (AvgIpc) is 3.58. The minimum atomic E-state index is -0.130. The molecule has 2 aromatic carbocycles. The van der Waals surface area contributed by atoms with Crippen LogP contribution in [0.15, 0.2) is 65.7 Å². The first-order chi connectivity index (χ1) is 15.1. The predicted octanol–water partition coefficient (Wildman–Crippen LogP) is 4.83. The normalized spacial score (nSPS) is 12.2. The van der Waals surface area contributed by atoms with Gasteiger partial charge in [-0.3, -0.25) is 4.79 Å². The van der Waals surface area contributed by atoms with Gasteiger partial charge in [-0.25, -0.2) is 9.67 Å². The number of thiophene rings is 1. The molecule has 9 heteroatoms. The highest BCUT2D eigenvalue weighted by atomic mass is 32.1. The van der Waals surface area contributed by atoms with Gasteiger partial charge in [-0.05, 0) is 52.6 Å². The smallest absolute Gasteiger partial charge is 0.254 e. The second-order valence-electron chi connectivity index (χ2n) is 7.13. The number of tetrazole rings is 1. The standard InChI is InChI=1S/C22H18N6OS2/c1-14(21-23-7-8-30-21)27(2)22(29)16-9-15(10-17(11-16)28-13-24-25-26-28)19-12-31-20-6-4-3-5-18(19)20/h3-14H,1-2H3. The minimum absolute atomic E-state index is 0.0848. The van der Waals surface area contributed by atoms with Gasteiger partial charge >= 0.3 is 0 Å². The third-order valence-corrected chi connectivity index (χ3v) is 7.19. The molecule has 0 aliphatic rings. The number of fused-ring (bicyclic) bond motifs is 1. The van der Waals surface area contributed by atoms with E-state index in [1.165, 1.54) is 11.0 Å². The zero-order valence-corrected chi connectivity index (χ0v) is 18.5. The molecular formula is C22H18N6OS2. The van der Waals surface area contributed by atoms with E-state index in [2.05, 4.69) is 38.0 Å². The monoisotopic (exact) mass is 446 g/mol. The third kappa shape index (κ3) is 3.62. The quantitative estimate of drug-likeness (QED) is 0.386. The van der Waals surface area contributed by atoms with Crippen LogP contribution in [0.1, 0.15) is 28.3 Å². The van der Waals surface area contributed by atoms with Crippen molar-refractivity contribution in [2.75, 3.05) is 7.05 Å². The lowest BCUT2D eigenvalue weighted by Crippen LogP contribution is -2.29. The first-order valence-electron chi connectivity index (χ1n) is 9.63. The molecule has 0 bridgehead atoms. The minimum Gasteiger partial charge on any atom is -0.333 e. The van der Waals surface area contributed by atoms with Gasteiger partial charge in [-0.1, -0.05) is 18.2 Å². The zero-order valence-electron chi connectivity index (χ0n) is 16.8. The van der Waals surface area contributed by atoms with E-state index in [4.69, 9.17) is 0 Å². The molecule has 31 heavy (non-hydrogen) atoms. The Morgan fingerprint density at radius 3 is 2.81 bits per heavy atom. The number of aromatic nitrogens is 5. The molecular weight excluding hydrogens is 428 g/mol. The van der Waals surface area contributed by atoms with Crippen molar-refractivity contribution in [3.05, 3.63) is 76.3 Å². The van der Waals surface area contributed by atoms with Gasteiger partial charge in [0.05, 0.1) is 11.7 Å². The number of benzene rings is 2. The largest absolute Gasteiger partial charge is 0.333 e. The fourth-order valence-electron chi connectivity index (χ4n) is 3.49. The van der Waals surface area contributed by atoms with E-state index in [9.17, 15) is 4.79 Å². The number of hydrogen-bond donors (Lipinski definition) is 0. The van der Waals surface area contributed by atoms with Crippen LogP contribution in [0.25, 0.3) is 26.9 Å². The molecule has 7 nitrogen and oxygen atoms in total.